The van der Waals surface area contributed by atoms with Gasteiger partial charge in [-0.05, 0) is 18.2 Å². The first kappa shape index (κ1) is 15.1. The highest BCUT2D eigenvalue weighted by atomic mass is 35.5. The maximum atomic E-state index is 11.2. The third-order valence-corrected chi connectivity index (χ3v) is 4.10. The zero-order valence-corrected chi connectivity index (χ0v) is 12.5. The summed E-state index contributed by atoms with van der Waals surface area (Å²) in [6.45, 7) is 0.607. The summed E-state index contributed by atoms with van der Waals surface area (Å²) in [5.41, 5.74) is 2.19. The highest BCUT2D eigenvalue weighted by molar-refractivity contribution is 7.99. The van der Waals surface area contributed by atoms with Gasteiger partial charge in [-0.15, -0.1) is 16.9 Å². The molecule has 0 radical (unpaired) electrons. The molecule has 0 saturated heterocycles. The van der Waals surface area contributed by atoms with Crippen LogP contribution in [-0.4, -0.2) is 26.7 Å². The van der Waals surface area contributed by atoms with Gasteiger partial charge in [-0.3, -0.25) is 14.9 Å². The number of halogens is 2. The zero-order valence-electron chi connectivity index (χ0n) is 10.2. The van der Waals surface area contributed by atoms with Gasteiger partial charge in [0.15, 0.2) is 5.69 Å². The Balaban J connectivity index is 1.88. The quantitative estimate of drug-likeness (QED) is 0.378. The van der Waals surface area contributed by atoms with E-state index < -0.39 is 5.91 Å². The lowest BCUT2D eigenvalue weighted by molar-refractivity contribution is 0.0948. The summed E-state index contributed by atoms with van der Waals surface area (Å²) in [5, 5.41) is 8.61. The molecule has 106 valence electrons. The molecule has 0 unspecified atom stereocenters. The molecule has 0 aliphatic heterocycles. The first-order valence-corrected chi connectivity index (χ1v) is 7.33. The average Bonchev–Trinajstić information content (AvgIpc) is 2.91. The molecule has 2 rings (SSSR count). The second-order valence-corrected chi connectivity index (χ2v) is 5.75. The third-order valence-electron chi connectivity index (χ3n) is 2.38. The van der Waals surface area contributed by atoms with Crippen molar-refractivity contribution in [1.82, 2.24) is 20.4 Å². The van der Waals surface area contributed by atoms with Crippen LogP contribution in [0.4, 0.5) is 0 Å². The fourth-order valence-electron chi connectivity index (χ4n) is 1.41. The fraction of sp³-hybridized carbons (Fsp3) is 0.182. The van der Waals surface area contributed by atoms with Gasteiger partial charge < -0.3 is 0 Å². The van der Waals surface area contributed by atoms with E-state index in [2.05, 4.69) is 10.3 Å². The number of benzene rings is 1. The number of rotatable bonds is 5. The van der Waals surface area contributed by atoms with Crippen molar-refractivity contribution in [2.24, 2.45) is 5.84 Å². The number of hydrogen-bond donors (Lipinski definition) is 2. The Morgan fingerprint density at radius 2 is 2.20 bits per heavy atom. The first-order chi connectivity index (χ1) is 9.60. The first-order valence-electron chi connectivity index (χ1n) is 5.59. The van der Waals surface area contributed by atoms with E-state index in [0.717, 1.165) is 10.6 Å². The number of nitrogens with zero attached hydrogens (tertiary/aromatic N) is 3. The number of carbonyl (C=O) groups excluding carboxylic acids is 1. The summed E-state index contributed by atoms with van der Waals surface area (Å²) < 4.78 is 1.58. The average molecular weight is 332 g/mol. The van der Waals surface area contributed by atoms with Gasteiger partial charge in [-0.2, -0.15) is 0 Å². The number of nitrogens with two attached hydrogens (primary N) is 1. The van der Waals surface area contributed by atoms with Crippen LogP contribution in [-0.2, 0) is 6.54 Å². The molecule has 0 fully saturated rings. The minimum Gasteiger partial charge on any atom is -0.289 e. The predicted octanol–water partition coefficient (Wildman–Crippen LogP) is 1.98. The van der Waals surface area contributed by atoms with Crippen LogP contribution in [0.15, 0.2) is 29.3 Å². The van der Waals surface area contributed by atoms with Gasteiger partial charge in [0.1, 0.15) is 0 Å². The largest absolute Gasteiger partial charge is 0.289 e. The second-order valence-electron chi connectivity index (χ2n) is 3.76. The molecule has 20 heavy (non-hydrogen) atoms. The number of thioether (sulfide) groups is 1. The number of nitrogen functional groups attached to an aromatic ring is 1. The van der Waals surface area contributed by atoms with Gasteiger partial charge in [-0.1, -0.05) is 28.4 Å². The van der Waals surface area contributed by atoms with Crippen LogP contribution >= 0.6 is 35.0 Å². The van der Waals surface area contributed by atoms with Crippen LogP contribution in [0.3, 0.4) is 0 Å². The van der Waals surface area contributed by atoms with Crippen molar-refractivity contribution >= 4 is 40.9 Å². The maximum absolute atomic E-state index is 11.2. The van der Waals surface area contributed by atoms with Crippen LogP contribution in [0.5, 0.6) is 0 Å². The molecule has 9 heteroatoms. The molecule has 1 aromatic heterocycles. The Morgan fingerprint density at radius 3 is 2.90 bits per heavy atom. The Bertz CT molecular complexity index is 619. The second kappa shape index (κ2) is 6.94. The molecule has 0 bridgehead atoms. The van der Waals surface area contributed by atoms with Gasteiger partial charge >= 0.3 is 0 Å². The number of hydrogen-bond acceptors (Lipinski definition) is 5. The zero-order chi connectivity index (χ0) is 14.5. The maximum Gasteiger partial charge on any atom is 0.287 e. The van der Waals surface area contributed by atoms with Crippen LogP contribution in [0, 0.1) is 0 Å². The summed E-state index contributed by atoms with van der Waals surface area (Å²) in [5.74, 6) is 5.30. The van der Waals surface area contributed by atoms with Crippen LogP contribution in [0.2, 0.25) is 10.0 Å². The van der Waals surface area contributed by atoms with Crippen molar-refractivity contribution in [2.75, 3.05) is 5.75 Å². The summed E-state index contributed by atoms with van der Waals surface area (Å²) in [4.78, 5) is 12.2. The molecule has 0 atom stereocenters. The summed E-state index contributed by atoms with van der Waals surface area (Å²) in [6.07, 6.45) is 1.54. The van der Waals surface area contributed by atoms with Crippen LogP contribution < -0.4 is 11.3 Å². The number of aryl methyl sites for hydroxylation is 1. The van der Waals surface area contributed by atoms with Crippen molar-refractivity contribution in [3.05, 3.63) is 40.1 Å². The van der Waals surface area contributed by atoms with Crippen molar-refractivity contribution in [2.45, 2.75) is 11.4 Å². The molecule has 6 nitrogen and oxygen atoms in total. The van der Waals surface area contributed by atoms with E-state index >= 15 is 0 Å². The van der Waals surface area contributed by atoms with E-state index in [9.17, 15) is 4.79 Å². The van der Waals surface area contributed by atoms with Crippen molar-refractivity contribution in [3.8, 4) is 0 Å². The summed E-state index contributed by atoms with van der Waals surface area (Å²) in [6, 6.07) is 5.46. The SMILES string of the molecule is NNC(=O)c1cn(CCSc2ccc(Cl)c(Cl)c2)nn1. The third kappa shape index (κ3) is 3.86. The van der Waals surface area contributed by atoms with E-state index in [1.54, 1.807) is 22.5 Å². The topological polar surface area (TPSA) is 85.8 Å². The number of aromatic nitrogens is 3. The van der Waals surface area contributed by atoms with Gasteiger partial charge in [0.05, 0.1) is 22.8 Å². The number of hydrazine groups is 1. The van der Waals surface area contributed by atoms with Crippen LogP contribution in [0.25, 0.3) is 0 Å². The molecule has 0 saturated carbocycles. The van der Waals surface area contributed by atoms with E-state index in [4.69, 9.17) is 29.0 Å². The number of amides is 1. The molecule has 1 aromatic carbocycles. The predicted molar refractivity (Wildman–Crippen MR) is 78.9 cm³/mol. The normalized spacial score (nSPS) is 10.6. The van der Waals surface area contributed by atoms with Crippen LogP contribution in [0.1, 0.15) is 10.5 Å². The minimum absolute atomic E-state index is 0.187. The van der Waals surface area contributed by atoms with Gasteiger partial charge in [0.2, 0.25) is 0 Å². The smallest absolute Gasteiger partial charge is 0.287 e. The molecule has 3 N–H and O–H groups in total. The summed E-state index contributed by atoms with van der Waals surface area (Å²) in [7, 11) is 0. The molecule has 0 aliphatic carbocycles. The lowest BCUT2D eigenvalue weighted by Crippen LogP contribution is -2.30. The standard InChI is InChI=1S/C11H11Cl2N5OS/c12-8-2-1-7(5-9(8)13)20-4-3-18-6-10(16-17-18)11(19)15-14/h1-2,5-6H,3-4,14H2,(H,15,19). The molecule has 0 spiro atoms. The fourth-order valence-corrected chi connectivity index (χ4v) is 2.65. The molecule has 2 aromatic rings. The molecule has 1 heterocycles. The number of nitrogens with one attached hydrogen (secondary N) is 1. The Hall–Kier alpha value is -1.28. The van der Waals surface area contributed by atoms with Crippen molar-refractivity contribution < 1.29 is 4.79 Å². The lowest BCUT2D eigenvalue weighted by atomic mass is 10.4. The monoisotopic (exact) mass is 331 g/mol. The van der Waals surface area contributed by atoms with E-state index in [1.807, 2.05) is 17.6 Å². The van der Waals surface area contributed by atoms with Gasteiger partial charge in [-0.25, -0.2) is 5.84 Å². The molecule has 0 aliphatic rings. The summed E-state index contributed by atoms with van der Waals surface area (Å²) >= 11 is 13.4. The Morgan fingerprint density at radius 1 is 1.40 bits per heavy atom. The van der Waals surface area contributed by atoms with Gasteiger partial charge in [0, 0.05) is 10.6 Å². The molecular weight excluding hydrogens is 321 g/mol. The van der Waals surface area contributed by atoms with Gasteiger partial charge in [0.25, 0.3) is 5.91 Å². The van der Waals surface area contributed by atoms with Crippen molar-refractivity contribution in [1.29, 1.82) is 0 Å². The number of carbonyl (C=O) groups is 1. The van der Waals surface area contributed by atoms with Crippen molar-refractivity contribution in [3.63, 3.8) is 0 Å². The van der Waals surface area contributed by atoms with E-state index in [-0.39, 0.29) is 5.69 Å². The molecular formula is C11H11Cl2N5OS. The highest BCUT2D eigenvalue weighted by Crippen LogP contribution is 2.27. The lowest BCUT2D eigenvalue weighted by Gasteiger charge is -2.03. The molecule has 1 amide bonds. The van der Waals surface area contributed by atoms with E-state index in [1.165, 1.54) is 6.20 Å². The minimum atomic E-state index is -0.464. The Kier molecular flexibility index (Phi) is 5.24. The Labute approximate surface area is 129 Å². The highest BCUT2D eigenvalue weighted by Gasteiger charge is 2.08. The van der Waals surface area contributed by atoms with E-state index in [0.29, 0.717) is 16.6 Å².